The maximum atomic E-state index is 12.1. The Labute approximate surface area is 172 Å². The fourth-order valence-corrected chi connectivity index (χ4v) is 3.08. The van der Waals surface area contributed by atoms with E-state index in [1.54, 1.807) is 16.8 Å². The number of benzene rings is 2. The normalized spacial score (nSPS) is 10.5. The summed E-state index contributed by atoms with van der Waals surface area (Å²) in [6, 6.07) is 20.2. The first-order chi connectivity index (χ1) is 13.6. The van der Waals surface area contributed by atoms with Crippen LogP contribution >= 0.6 is 15.9 Å². The number of nitrogens with one attached hydrogen (secondary N) is 1. The molecule has 6 heteroatoms. The van der Waals surface area contributed by atoms with E-state index in [1.807, 2.05) is 54.6 Å². The van der Waals surface area contributed by atoms with Crippen LogP contribution in [0.3, 0.4) is 0 Å². The SMILES string of the molecule is O=C(CCCOc1ccccc1Br)Nc1ccc(Cn2ccccc2=O)cc1. The molecular weight excluding hydrogens is 420 g/mol. The smallest absolute Gasteiger partial charge is 0.250 e. The van der Waals surface area contributed by atoms with E-state index < -0.39 is 0 Å². The van der Waals surface area contributed by atoms with Crippen molar-refractivity contribution >= 4 is 27.5 Å². The standard InChI is InChI=1S/C22H21BrN2O3/c23-19-6-1-2-7-20(19)28-15-5-8-21(26)24-18-12-10-17(11-13-18)16-25-14-4-3-9-22(25)27/h1-4,6-7,9-14H,5,8,15-16H2,(H,24,26). The number of ether oxygens (including phenoxy) is 1. The Morgan fingerprint density at radius 2 is 1.75 bits per heavy atom. The predicted octanol–water partition coefficient (Wildman–Crippen LogP) is 4.46. The summed E-state index contributed by atoms with van der Waals surface area (Å²) in [5, 5.41) is 2.88. The van der Waals surface area contributed by atoms with Crippen LogP contribution in [-0.4, -0.2) is 17.1 Å². The molecule has 0 saturated heterocycles. The van der Waals surface area contributed by atoms with Crippen molar-refractivity contribution in [1.82, 2.24) is 4.57 Å². The Morgan fingerprint density at radius 3 is 2.50 bits per heavy atom. The maximum absolute atomic E-state index is 12.1. The van der Waals surface area contributed by atoms with Crippen LogP contribution in [0.25, 0.3) is 0 Å². The van der Waals surface area contributed by atoms with Crippen LogP contribution in [0.5, 0.6) is 5.75 Å². The fraction of sp³-hybridized carbons (Fsp3) is 0.182. The summed E-state index contributed by atoms with van der Waals surface area (Å²) < 4.78 is 8.20. The third-order valence-corrected chi connectivity index (χ3v) is 4.79. The van der Waals surface area contributed by atoms with Crippen LogP contribution in [0.2, 0.25) is 0 Å². The molecule has 0 aliphatic rings. The molecule has 1 heterocycles. The van der Waals surface area contributed by atoms with Gasteiger partial charge in [-0.25, -0.2) is 0 Å². The van der Waals surface area contributed by atoms with Crippen molar-refractivity contribution in [3.05, 3.63) is 93.3 Å². The molecule has 2 aromatic carbocycles. The van der Waals surface area contributed by atoms with E-state index in [4.69, 9.17) is 4.74 Å². The molecule has 0 atom stereocenters. The average Bonchev–Trinajstić information content (AvgIpc) is 2.70. The van der Waals surface area contributed by atoms with Crippen molar-refractivity contribution in [2.45, 2.75) is 19.4 Å². The van der Waals surface area contributed by atoms with Crippen molar-refractivity contribution in [3.63, 3.8) is 0 Å². The molecule has 0 spiro atoms. The third kappa shape index (κ3) is 5.82. The van der Waals surface area contributed by atoms with Gasteiger partial charge in [-0.3, -0.25) is 9.59 Å². The van der Waals surface area contributed by atoms with E-state index in [0.29, 0.717) is 26.0 Å². The first-order valence-corrected chi connectivity index (χ1v) is 9.83. The predicted molar refractivity (Wildman–Crippen MR) is 114 cm³/mol. The number of para-hydroxylation sites is 1. The van der Waals surface area contributed by atoms with Crippen LogP contribution in [0.4, 0.5) is 5.69 Å². The highest BCUT2D eigenvalue weighted by Crippen LogP contribution is 2.23. The topological polar surface area (TPSA) is 60.3 Å². The lowest BCUT2D eigenvalue weighted by Crippen LogP contribution is -2.18. The lowest BCUT2D eigenvalue weighted by molar-refractivity contribution is -0.116. The Bertz CT molecular complexity index is 983. The first kappa shape index (κ1) is 19.9. The van der Waals surface area contributed by atoms with Crippen molar-refractivity contribution < 1.29 is 9.53 Å². The van der Waals surface area contributed by atoms with E-state index in [9.17, 15) is 9.59 Å². The van der Waals surface area contributed by atoms with Gasteiger partial charge in [-0.15, -0.1) is 0 Å². The Morgan fingerprint density at radius 1 is 1.00 bits per heavy atom. The van der Waals surface area contributed by atoms with Gasteiger partial charge in [-0.05, 0) is 58.2 Å². The van der Waals surface area contributed by atoms with Gasteiger partial charge in [0.1, 0.15) is 5.75 Å². The van der Waals surface area contributed by atoms with Gasteiger partial charge in [0.15, 0.2) is 0 Å². The third-order valence-electron chi connectivity index (χ3n) is 4.13. The van der Waals surface area contributed by atoms with Gasteiger partial charge in [0.2, 0.25) is 5.91 Å². The molecule has 144 valence electrons. The Hall–Kier alpha value is -2.86. The van der Waals surface area contributed by atoms with Crippen molar-refractivity contribution in [2.24, 2.45) is 0 Å². The van der Waals surface area contributed by atoms with Crippen LogP contribution in [0.15, 0.2) is 82.2 Å². The summed E-state index contributed by atoms with van der Waals surface area (Å²) in [6.07, 6.45) is 2.77. The van der Waals surface area contributed by atoms with Crippen molar-refractivity contribution in [2.75, 3.05) is 11.9 Å². The lowest BCUT2D eigenvalue weighted by atomic mass is 10.2. The number of carbonyl (C=O) groups excluding carboxylic acids is 1. The quantitative estimate of drug-likeness (QED) is 0.526. The molecule has 0 fully saturated rings. The summed E-state index contributed by atoms with van der Waals surface area (Å²) in [6.45, 7) is 0.973. The molecule has 0 bridgehead atoms. The number of nitrogens with zero attached hydrogens (tertiary/aromatic N) is 1. The van der Waals surface area contributed by atoms with E-state index in [1.165, 1.54) is 6.07 Å². The first-order valence-electron chi connectivity index (χ1n) is 9.03. The monoisotopic (exact) mass is 440 g/mol. The highest BCUT2D eigenvalue weighted by molar-refractivity contribution is 9.10. The second-order valence-electron chi connectivity index (χ2n) is 6.29. The molecule has 0 aliphatic carbocycles. The number of hydrogen-bond donors (Lipinski definition) is 1. The van der Waals surface area contributed by atoms with Crippen molar-refractivity contribution in [3.8, 4) is 5.75 Å². The summed E-state index contributed by atoms with van der Waals surface area (Å²) >= 11 is 3.43. The molecule has 1 amide bonds. The number of carbonyl (C=O) groups is 1. The molecule has 3 rings (SSSR count). The maximum Gasteiger partial charge on any atom is 0.250 e. The average molecular weight is 441 g/mol. The lowest BCUT2D eigenvalue weighted by Gasteiger charge is -2.09. The van der Waals surface area contributed by atoms with E-state index >= 15 is 0 Å². The Balaban J connectivity index is 1.43. The number of hydrogen-bond acceptors (Lipinski definition) is 3. The van der Waals surface area contributed by atoms with Gasteiger partial charge in [-0.2, -0.15) is 0 Å². The largest absolute Gasteiger partial charge is 0.492 e. The van der Waals surface area contributed by atoms with Gasteiger partial charge in [0, 0.05) is 24.4 Å². The number of amides is 1. The van der Waals surface area contributed by atoms with Crippen molar-refractivity contribution in [1.29, 1.82) is 0 Å². The minimum Gasteiger partial charge on any atom is -0.492 e. The molecule has 5 nitrogen and oxygen atoms in total. The second-order valence-corrected chi connectivity index (χ2v) is 7.15. The molecule has 1 aromatic heterocycles. The second kappa shape index (κ2) is 9.90. The summed E-state index contributed by atoms with van der Waals surface area (Å²) in [7, 11) is 0. The molecule has 0 radical (unpaired) electrons. The van der Waals surface area contributed by atoms with Gasteiger partial charge < -0.3 is 14.6 Å². The highest BCUT2D eigenvalue weighted by Gasteiger charge is 2.05. The number of halogens is 1. The number of anilines is 1. The number of pyridine rings is 1. The molecule has 0 aliphatic heterocycles. The molecular formula is C22H21BrN2O3. The highest BCUT2D eigenvalue weighted by atomic mass is 79.9. The zero-order valence-electron chi connectivity index (χ0n) is 15.3. The minimum atomic E-state index is -0.0530. The van der Waals surface area contributed by atoms with E-state index in [0.717, 1.165) is 21.5 Å². The summed E-state index contributed by atoms with van der Waals surface area (Å²) in [4.78, 5) is 23.9. The molecule has 3 aromatic rings. The summed E-state index contributed by atoms with van der Waals surface area (Å²) in [5.74, 6) is 0.721. The van der Waals surface area contributed by atoms with Crippen LogP contribution in [0, 0.1) is 0 Å². The zero-order chi connectivity index (χ0) is 19.8. The van der Waals surface area contributed by atoms with Gasteiger partial charge in [-0.1, -0.05) is 30.3 Å². The molecule has 1 N–H and O–H groups in total. The van der Waals surface area contributed by atoms with E-state index in [2.05, 4.69) is 21.2 Å². The van der Waals surface area contributed by atoms with Gasteiger partial charge in [0.25, 0.3) is 5.56 Å². The minimum absolute atomic E-state index is 0.0374. The van der Waals surface area contributed by atoms with Crippen LogP contribution < -0.4 is 15.6 Å². The summed E-state index contributed by atoms with van der Waals surface area (Å²) in [5.41, 5.74) is 1.69. The van der Waals surface area contributed by atoms with Crippen LogP contribution in [-0.2, 0) is 11.3 Å². The molecule has 28 heavy (non-hydrogen) atoms. The van der Waals surface area contributed by atoms with Gasteiger partial charge >= 0.3 is 0 Å². The van der Waals surface area contributed by atoms with Gasteiger partial charge in [0.05, 0.1) is 17.6 Å². The molecule has 0 unspecified atom stereocenters. The Kier molecular flexibility index (Phi) is 7.03. The number of aromatic nitrogens is 1. The zero-order valence-corrected chi connectivity index (χ0v) is 16.9. The van der Waals surface area contributed by atoms with Crippen LogP contribution in [0.1, 0.15) is 18.4 Å². The molecule has 0 saturated carbocycles. The van der Waals surface area contributed by atoms with E-state index in [-0.39, 0.29) is 11.5 Å². The number of rotatable bonds is 8. The fourth-order valence-electron chi connectivity index (χ4n) is 2.68.